The zero-order valence-corrected chi connectivity index (χ0v) is 12.3. The van der Waals surface area contributed by atoms with Gasteiger partial charge in [-0.15, -0.1) is 0 Å². The first-order chi connectivity index (χ1) is 10.2. The molecule has 1 amide bonds. The largest absolute Gasteiger partial charge is 0.334 e. The molecule has 1 aromatic heterocycles. The van der Waals surface area contributed by atoms with Crippen LogP contribution in [0.1, 0.15) is 36.5 Å². The van der Waals surface area contributed by atoms with E-state index in [9.17, 15) is 4.79 Å². The first-order valence-corrected chi connectivity index (χ1v) is 7.59. The van der Waals surface area contributed by atoms with Gasteiger partial charge in [0.05, 0.1) is 11.1 Å². The van der Waals surface area contributed by atoms with Crippen LogP contribution in [0.2, 0.25) is 0 Å². The lowest BCUT2D eigenvalue weighted by atomic mass is 9.95. The number of hydrogen-bond donors (Lipinski definition) is 1. The minimum Gasteiger partial charge on any atom is -0.334 e. The molecule has 1 aliphatic rings. The molecule has 4 nitrogen and oxygen atoms in total. The second kappa shape index (κ2) is 5.82. The van der Waals surface area contributed by atoms with Gasteiger partial charge in [0, 0.05) is 30.2 Å². The number of piperidine rings is 1. The molecular weight excluding hydrogens is 262 g/mol. The lowest BCUT2D eigenvalue weighted by Crippen LogP contribution is -2.51. The van der Waals surface area contributed by atoms with Gasteiger partial charge in [0.25, 0.3) is 5.91 Å². The van der Waals surface area contributed by atoms with E-state index >= 15 is 0 Å². The molecule has 0 radical (unpaired) electrons. The van der Waals surface area contributed by atoms with Crippen LogP contribution in [-0.4, -0.2) is 34.4 Å². The highest BCUT2D eigenvalue weighted by Gasteiger charge is 2.30. The Morgan fingerprint density at radius 1 is 1.33 bits per heavy atom. The van der Waals surface area contributed by atoms with Crippen molar-refractivity contribution in [1.29, 1.82) is 0 Å². The van der Waals surface area contributed by atoms with Crippen LogP contribution in [0.5, 0.6) is 0 Å². The summed E-state index contributed by atoms with van der Waals surface area (Å²) in [6.07, 6.45) is 4.91. The number of pyridine rings is 1. The summed E-state index contributed by atoms with van der Waals surface area (Å²) in [5.74, 6) is 0.0568. The first kappa shape index (κ1) is 14.0. The number of nitrogens with two attached hydrogens (primary N) is 1. The molecule has 1 aliphatic heterocycles. The Hall–Kier alpha value is -1.94. The van der Waals surface area contributed by atoms with Crippen LogP contribution >= 0.6 is 0 Å². The number of para-hydroxylation sites is 1. The zero-order valence-electron chi connectivity index (χ0n) is 12.3. The standard InChI is InChI=1S/C17H21N3O/c1-12(18)15-9-2-3-11-20(15)17(21)14-8-4-6-13-7-5-10-19-16(13)14/h4-8,10,12,15H,2-3,9,11,18H2,1H3. The van der Waals surface area contributed by atoms with Gasteiger partial charge in [-0.2, -0.15) is 0 Å². The summed E-state index contributed by atoms with van der Waals surface area (Å²) in [4.78, 5) is 19.3. The SMILES string of the molecule is CC(N)C1CCCCN1C(=O)c1cccc2cccnc12. The maximum Gasteiger partial charge on any atom is 0.256 e. The van der Waals surface area contributed by atoms with Gasteiger partial charge in [0.2, 0.25) is 0 Å². The monoisotopic (exact) mass is 283 g/mol. The average Bonchev–Trinajstić information content (AvgIpc) is 2.53. The fraction of sp³-hybridized carbons (Fsp3) is 0.412. The number of benzene rings is 1. The molecule has 2 atom stereocenters. The van der Waals surface area contributed by atoms with Gasteiger partial charge >= 0.3 is 0 Å². The molecule has 0 saturated carbocycles. The summed E-state index contributed by atoms with van der Waals surface area (Å²) in [7, 11) is 0. The number of likely N-dealkylation sites (tertiary alicyclic amines) is 1. The van der Waals surface area contributed by atoms with Crippen LogP contribution < -0.4 is 5.73 Å². The van der Waals surface area contributed by atoms with Crippen LogP contribution in [0.3, 0.4) is 0 Å². The number of hydrogen-bond acceptors (Lipinski definition) is 3. The number of amides is 1. The molecule has 1 fully saturated rings. The Balaban J connectivity index is 1.99. The number of fused-ring (bicyclic) bond motifs is 1. The smallest absolute Gasteiger partial charge is 0.256 e. The van der Waals surface area contributed by atoms with Gasteiger partial charge in [0.1, 0.15) is 0 Å². The number of carbonyl (C=O) groups excluding carboxylic acids is 1. The van der Waals surface area contributed by atoms with Crippen LogP contribution in [-0.2, 0) is 0 Å². The van der Waals surface area contributed by atoms with Gasteiger partial charge in [-0.05, 0) is 38.3 Å². The van der Waals surface area contributed by atoms with Crippen LogP contribution in [0.25, 0.3) is 10.9 Å². The fourth-order valence-corrected chi connectivity index (χ4v) is 3.19. The summed E-state index contributed by atoms with van der Waals surface area (Å²) < 4.78 is 0. The number of rotatable bonds is 2. The molecule has 3 rings (SSSR count). The summed E-state index contributed by atoms with van der Waals surface area (Å²) >= 11 is 0. The van der Waals surface area contributed by atoms with Crippen molar-refractivity contribution in [3.63, 3.8) is 0 Å². The van der Waals surface area contributed by atoms with Gasteiger partial charge in [-0.3, -0.25) is 9.78 Å². The van der Waals surface area contributed by atoms with Crippen LogP contribution in [0, 0.1) is 0 Å². The normalized spacial score (nSPS) is 20.5. The summed E-state index contributed by atoms with van der Waals surface area (Å²) in [6.45, 7) is 2.77. The number of nitrogens with zero attached hydrogens (tertiary/aromatic N) is 2. The molecule has 4 heteroatoms. The first-order valence-electron chi connectivity index (χ1n) is 7.59. The van der Waals surface area contributed by atoms with E-state index in [1.54, 1.807) is 6.20 Å². The van der Waals surface area contributed by atoms with Gasteiger partial charge in [0.15, 0.2) is 0 Å². The van der Waals surface area contributed by atoms with Crippen molar-refractivity contribution in [1.82, 2.24) is 9.88 Å². The highest BCUT2D eigenvalue weighted by Crippen LogP contribution is 2.24. The third kappa shape index (κ3) is 2.63. The lowest BCUT2D eigenvalue weighted by molar-refractivity contribution is 0.0585. The molecule has 21 heavy (non-hydrogen) atoms. The lowest BCUT2D eigenvalue weighted by Gasteiger charge is -2.38. The van der Waals surface area contributed by atoms with E-state index in [1.165, 1.54) is 0 Å². The Bertz CT molecular complexity index is 648. The van der Waals surface area contributed by atoms with E-state index in [0.29, 0.717) is 5.56 Å². The maximum atomic E-state index is 13.0. The molecular formula is C17H21N3O. The van der Waals surface area contributed by atoms with Crippen LogP contribution in [0.4, 0.5) is 0 Å². The number of carbonyl (C=O) groups is 1. The molecule has 0 spiro atoms. The average molecular weight is 283 g/mol. The van der Waals surface area contributed by atoms with E-state index in [4.69, 9.17) is 5.73 Å². The van der Waals surface area contributed by atoms with E-state index in [0.717, 1.165) is 36.7 Å². The topological polar surface area (TPSA) is 59.2 Å². The molecule has 110 valence electrons. The summed E-state index contributed by atoms with van der Waals surface area (Å²) in [5, 5.41) is 0.998. The molecule has 2 heterocycles. The highest BCUT2D eigenvalue weighted by molar-refractivity contribution is 6.05. The van der Waals surface area contributed by atoms with Crippen molar-refractivity contribution in [2.45, 2.75) is 38.3 Å². The van der Waals surface area contributed by atoms with Crippen molar-refractivity contribution >= 4 is 16.8 Å². The fourth-order valence-electron chi connectivity index (χ4n) is 3.19. The maximum absolute atomic E-state index is 13.0. The van der Waals surface area contributed by atoms with E-state index in [-0.39, 0.29) is 18.0 Å². The molecule has 2 aromatic rings. The third-order valence-electron chi connectivity index (χ3n) is 4.28. The zero-order chi connectivity index (χ0) is 14.8. The molecule has 1 saturated heterocycles. The highest BCUT2D eigenvalue weighted by atomic mass is 16.2. The van der Waals surface area contributed by atoms with Crippen LogP contribution in [0.15, 0.2) is 36.5 Å². The summed E-state index contributed by atoms with van der Waals surface area (Å²) in [5.41, 5.74) is 7.53. The predicted octanol–water partition coefficient (Wildman–Crippen LogP) is 2.58. The Morgan fingerprint density at radius 2 is 2.14 bits per heavy atom. The van der Waals surface area contributed by atoms with E-state index < -0.39 is 0 Å². The van der Waals surface area contributed by atoms with Gasteiger partial charge < -0.3 is 10.6 Å². The predicted molar refractivity (Wildman–Crippen MR) is 84.1 cm³/mol. The Labute approximate surface area is 125 Å². The van der Waals surface area contributed by atoms with Crippen molar-refractivity contribution < 1.29 is 4.79 Å². The second-order valence-corrected chi connectivity index (χ2v) is 5.80. The van der Waals surface area contributed by atoms with Crippen molar-refractivity contribution in [2.24, 2.45) is 5.73 Å². The molecule has 2 N–H and O–H groups in total. The number of aromatic nitrogens is 1. The second-order valence-electron chi connectivity index (χ2n) is 5.80. The molecule has 2 unspecified atom stereocenters. The molecule has 0 bridgehead atoms. The molecule has 1 aromatic carbocycles. The van der Waals surface area contributed by atoms with Crippen molar-refractivity contribution in [3.8, 4) is 0 Å². The Kier molecular flexibility index (Phi) is 3.88. The van der Waals surface area contributed by atoms with Crippen molar-refractivity contribution in [3.05, 3.63) is 42.1 Å². The Morgan fingerprint density at radius 3 is 2.95 bits per heavy atom. The minimum atomic E-state index is -0.00261. The minimum absolute atomic E-state index is 0.00261. The van der Waals surface area contributed by atoms with Gasteiger partial charge in [-0.1, -0.05) is 18.2 Å². The van der Waals surface area contributed by atoms with Gasteiger partial charge in [-0.25, -0.2) is 0 Å². The van der Waals surface area contributed by atoms with Crippen molar-refractivity contribution in [2.75, 3.05) is 6.54 Å². The van der Waals surface area contributed by atoms with E-state index in [1.807, 2.05) is 42.2 Å². The third-order valence-corrected chi connectivity index (χ3v) is 4.28. The summed E-state index contributed by atoms with van der Waals surface area (Å²) in [6, 6.07) is 9.77. The van der Waals surface area contributed by atoms with E-state index in [2.05, 4.69) is 4.98 Å². The quantitative estimate of drug-likeness (QED) is 0.921. The molecule has 0 aliphatic carbocycles.